The molecule has 1 saturated carbocycles. The molecule has 5 heteroatoms. The number of para-hydroxylation sites is 1. The molecular weight excluding hydrogens is 366 g/mol. The molecule has 0 amide bonds. The van der Waals surface area contributed by atoms with E-state index in [-0.39, 0.29) is 18.1 Å². The number of carbonyl (C=O) groups is 2. The van der Waals surface area contributed by atoms with Crippen molar-refractivity contribution < 1.29 is 19.4 Å². The number of aliphatic hydroxyl groups is 1. The minimum atomic E-state index is -1.11. The van der Waals surface area contributed by atoms with Crippen molar-refractivity contribution in [2.45, 2.75) is 44.6 Å². The fourth-order valence-corrected chi connectivity index (χ4v) is 5.96. The Balaban J connectivity index is 1.77. The molecule has 0 aliphatic heterocycles. The Hall–Kier alpha value is -2.66. The highest BCUT2D eigenvalue weighted by Gasteiger charge is 2.61. The molecule has 2 aliphatic carbocycles. The maximum absolute atomic E-state index is 13.2. The molecule has 4 atom stereocenters. The van der Waals surface area contributed by atoms with Crippen LogP contribution in [0.3, 0.4) is 0 Å². The van der Waals surface area contributed by atoms with E-state index >= 15 is 0 Å². The van der Waals surface area contributed by atoms with Crippen molar-refractivity contribution in [3.63, 3.8) is 0 Å². The first-order valence-electron chi connectivity index (χ1n) is 10.2. The first-order valence-corrected chi connectivity index (χ1v) is 10.2. The number of hydrogen-bond donors (Lipinski definition) is 2. The second kappa shape index (κ2) is 5.92. The van der Waals surface area contributed by atoms with Gasteiger partial charge in [-0.25, -0.2) is 0 Å². The molecule has 0 radical (unpaired) electrons. The van der Waals surface area contributed by atoms with Crippen molar-refractivity contribution in [2.24, 2.45) is 11.3 Å². The first-order chi connectivity index (χ1) is 13.8. The van der Waals surface area contributed by atoms with Gasteiger partial charge in [0.25, 0.3) is 0 Å². The third-order valence-corrected chi connectivity index (χ3v) is 7.70. The maximum atomic E-state index is 13.2. The Morgan fingerprint density at radius 2 is 1.93 bits per heavy atom. The molecule has 1 fully saturated rings. The number of aromatic amines is 1. The monoisotopic (exact) mass is 391 g/mol. The molecule has 5 rings (SSSR count). The number of Topliss-reactive ketones (excluding diaryl/α,β-unsaturated/α-hetero) is 1. The molecule has 29 heavy (non-hydrogen) atoms. The van der Waals surface area contributed by atoms with Crippen molar-refractivity contribution in [1.29, 1.82) is 0 Å². The molecule has 0 spiro atoms. The number of benzene rings is 2. The Kier molecular flexibility index (Phi) is 3.75. The minimum Gasteiger partial charge on any atom is -0.469 e. The van der Waals surface area contributed by atoms with Gasteiger partial charge in [0.1, 0.15) is 0 Å². The van der Waals surface area contributed by atoms with E-state index in [0.717, 1.165) is 39.4 Å². The average Bonchev–Trinajstić information content (AvgIpc) is 3.09. The molecule has 150 valence electrons. The summed E-state index contributed by atoms with van der Waals surface area (Å²) in [6.07, 6.45) is 0.634. The molecule has 3 aromatic rings. The lowest BCUT2D eigenvalue weighted by Gasteiger charge is -2.55. The van der Waals surface area contributed by atoms with Crippen molar-refractivity contribution in [3.8, 4) is 0 Å². The van der Waals surface area contributed by atoms with Crippen molar-refractivity contribution in [1.82, 2.24) is 4.98 Å². The molecule has 0 bridgehead atoms. The summed E-state index contributed by atoms with van der Waals surface area (Å²) in [7, 11) is 1.35. The number of esters is 1. The van der Waals surface area contributed by atoms with Gasteiger partial charge in [-0.05, 0) is 54.9 Å². The third kappa shape index (κ3) is 2.25. The van der Waals surface area contributed by atoms with Crippen LogP contribution in [0.2, 0.25) is 0 Å². The van der Waals surface area contributed by atoms with Gasteiger partial charge in [-0.3, -0.25) is 9.59 Å². The van der Waals surface area contributed by atoms with E-state index in [9.17, 15) is 14.7 Å². The number of nitrogens with one attached hydrogen (secondary N) is 1. The number of carbonyl (C=O) groups excluding carboxylic acids is 2. The highest BCUT2D eigenvalue weighted by molar-refractivity contribution is 6.11. The van der Waals surface area contributed by atoms with Gasteiger partial charge < -0.3 is 14.8 Å². The molecule has 2 aliphatic rings. The second-order valence-corrected chi connectivity index (χ2v) is 9.04. The van der Waals surface area contributed by atoms with E-state index in [1.54, 1.807) is 6.92 Å². The third-order valence-electron chi connectivity index (χ3n) is 7.70. The number of ether oxygens (including phenoxy) is 1. The number of aliphatic hydroxyl groups excluding tert-OH is 1. The van der Waals surface area contributed by atoms with Crippen LogP contribution < -0.4 is 0 Å². The quantitative estimate of drug-likeness (QED) is 0.612. The van der Waals surface area contributed by atoms with Crippen LogP contribution in [0.15, 0.2) is 36.4 Å². The van der Waals surface area contributed by atoms with Gasteiger partial charge in [0.2, 0.25) is 0 Å². The van der Waals surface area contributed by atoms with Gasteiger partial charge in [0.15, 0.2) is 5.78 Å². The average molecular weight is 391 g/mol. The Morgan fingerprint density at radius 1 is 1.17 bits per heavy atom. The molecule has 1 aromatic heterocycles. The van der Waals surface area contributed by atoms with Crippen LogP contribution in [0.5, 0.6) is 0 Å². The lowest BCUT2D eigenvalue weighted by molar-refractivity contribution is -0.174. The number of hydrogen-bond acceptors (Lipinski definition) is 4. The van der Waals surface area contributed by atoms with Gasteiger partial charge in [-0.2, -0.15) is 0 Å². The van der Waals surface area contributed by atoms with E-state index in [0.29, 0.717) is 6.42 Å². The van der Waals surface area contributed by atoms with Crippen LogP contribution in [0.25, 0.3) is 21.8 Å². The van der Waals surface area contributed by atoms with Crippen LogP contribution in [0, 0.1) is 11.3 Å². The molecule has 0 saturated heterocycles. The largest absolute Gasteiger partial charge is 0.469 e. The number of H-pyrrole nitrogens is 1. The highest BCUT2D eigenvalue weighted by Crippen LogP contribution is 2.58. The first kappa shape index (κ1) is 18.4. The number of aromatic nitrogens is 1. The van der Waals surface area contributed by atoms with Crippen molar-refractivity contribution >= 4 is 33.6 Å². The Morgan fingerprint density at radius 3 is 2.69 bits per heavy atom. The normalized spacial score (nSPS) is 31.5. The molecule has 1 heterocycles. The lowest BCUT2D eigenvalue weighted by atomic mass is 9.48. The van der Waals surface area contributed by atoms with Gasteiger partial charge in [0, 0.05) is 33.8 Å². The smallest absolute Gasteiger partial charge is 0.314 e. The molecule has 5 nitrogen and oxygen atoms in total. The zero-order valence-corrected chi connectivity index (χ0v) is 16.9. The fourth-order valence-electron chi connectivity index (χ4n) is 5.96. The van der Waals surface area contributed by atoms with Crippen LogP contribution in [-0.4, -0.2) is 35.1 Å². The van der Waals surface area contributed by atoms with E-state index in [4.69, 9.17) is 4.74 Å². The predicted molar refractivity (Wildman–Crippen MR) is 111 cm³/mol. The topological polar surface area (TPSA) is 79.4 Å². The van der Waals surface area contributed by atoms with Gasteiger partial charge in [0.05, 0.1) is 18.6 Å². The zero-order chi connectivity index (χ0) is 20.6. The summed E-state index contributed by atoms with van der Waals surface area (Å²) in [6, 6.07) is 12.2. The summed E-state index contributed by atoms with van der Waals surface area (Å²) < 4.78 is 5.08. The van der Waals surface area contributed by atoms with Crippen LogP contribution in [0.4, 0.5) is 0 Å². The molecule has 2 aromatic carbocycles. The van der Waals surface area contributed by atoms with Crippen LogP contribution in [-0.2, 0) is 14.9 Å². The summed E-state index contributed by atoms with van der Waals surface area (Å²) in [6.45, 7) is 3.89. The van der Waals surface area contributed by atoms with Gasteiger partial charge in [-0.15, -0.1) is 0 Å². The standard InChI is InChI=1S/C24H25NO4/c1-23-9-8-21(27)24(2,22(28)29-3)20(23)12-19(26)15-11-18-14(10-16(15)23)13-6-4-5-7-17(13)25-18/h4-7,10-11,20-21,25,27H,8-9,12H2,1-3H3/t20-,21?,23?,24+/m1/s1. The SMILES string of the molecule is COC(=O)[C@]1(C)C(O)CCC2(C)c3cc4c(cc3C(=O)C[C@H]21)[nH]c1ccccc14. The Labute approximate surface area is 169 Å². The van der Waals surface area contributed by atoms with Gasteiger partial charge >= 0.3 is 5.97 Å². The van der Waals surface area contributed by atoms with E-state index in [2.05, 4.69) is 24.0 Å². The fraction of sp³-hybridized carbons (Fsp3) is 0.417. The van der Waals surface area contributed by atoms with E-state index in [1.165, 1.54) is 7.11 Å². The highest BCUT2D eigenvalue weighted by atomic mass is 16.5. The van der Waals surface area contributed by atoms with Crippen molar-refractivity contribution in [3.05, 3.63) is 47.5 Å². The number of ketones is 1. The van der Waals surface area contributed by atoms with Gasteiger partial charge in [-0.1, -0.05) is 25.1 Å². The second-order valence-electron chi connectivity index (χ2n) is 9.04. The van der Waals surface area contributed by atoms with E-state index < -0.39 is 22.9 Å². The number of rotatable bonds is 1. The summed E-state index contributed by atoms with van der Waals surface area (Å²) >= 11 is 0. The van der Waals surface area contributed by atoms with Crippen LogP contribution >= 0.6 is 0 Å². The number of fused-ring (bicyclic) bond motifs is 6. The van der Waals surface area contributed by atoms with E-state index in [1.807, 2.05) is 24.3 Å². The van der Waals surface area contributed by atoms with Crippen LogP contribution in [0.1, 0.15) is 49.0 Å². The minimum absolute atomic E-state index is 0.0206. The number of methoxy groups -OCH3 is 1. The maximum Gasteiger partial charge on any atom is 0.314 e. The molecule has 2 unspecified atom stereocenters. The summed E-state index contributed by atoms with van der Waals surface area (Å²) in [5.41, 5.74) is 2.20. The summed E-state index contributed by atoms with van der Waals surface area (Å²) in [5, 5.41) is 13.0. The summed E-state index contributed by atoms with van der Waals surface area (Å²) in [4.78, 5) is 29.4. The molecular formula is C24H25NO4. The molecule has 2 N–H and O–H groups in total. The predicted octanol–water partition coefficient (Wildman–Crippen LogP) is 4.12. The zero-order valence-electron chi connectivity index (χ0n) is 16.9. The van der Waals surface area contributed by atoms with Crippen molar-refractivity contribution in [2.75, 3.05) is 7.11 Å². The summed E-state index contributed by atoms with van der Waals surface area (Å²) in [5.74, 6) is -0.730. The Bertz CT molecular complexity index is 1180. The lowest BCUT2D eigenvalue weighted by Crippen LogP contribution is -2.59.